The summed E-state index contributed by atoms with van der Waals surface area (Å²) >= 11 is 3.62. The summed E-state index contributed by atoms with van der Waals surface area (Å²) in [6.07, 6.45) is 2.36. The molecular weight excluding hydrogens is 226 g/mol. The van der Waals surface area contributed by atoms with Crippen LogP contribution in [0.1, 0.15) is 11.1 Å². The van der Waals surface area contributed by atoms with Crippen molar-refractivity contribution in [3.8, 4) is 0 Å². The van der Waals surface area contributed by atoms with Crippen molar-refractivity contribution in [3.63, 3.8) is 0 Å². The molecule has 1 heterocycles. The Morgan fingerprint density at radius 3 is 2.85 bits per heavy atom. The molecular formula is C11H14BrN. The van der Waals surface area contributed by atoms with E-state index in [9.17, 15) is 0 Å². The monoisotopic (exact) mass is 239 g/mol. The predicted octanol–water partition coefficient (Wildman–Crippen LogP) is 2.48. The standard InChI is InChI=1S/C11H14BrN/c1-13-7-5-9-3-2-4-11(12)10(9)6-8-13/h2-4H,5-8H2,1H3. The van der Waals surface area contributed by atoms with E-state index in [0.29, 0.717) is 0 Å². The van der Waals surface area contributed by atoms with Crippen molar-refractivity contribution in [1.29, 1.82) is 0 Å². The zero-order valence-electron chi connectivity index (χ0n) is 7.89. The van der Waals surface area contributed by atoms with Gasteiger partial charge in [0.2, 0.25) is 0 Å². The van der Waals surface area contributed by atoms with Gasteiger partial charge in [0.1, 0.15) is 0 Å². The minimum atomic E-state index is 1.17. The van der Waals surface area contributed by atoms with E-state index in [4.69, 9.17) is 0 Å². The Hall–Kier alpha value is -0.340. The summed E-state index contributed by atoms with van der Waals surface area (Å²) in [6.45, 7) is 2.36. The minimum absolute atomic E-state index is 1.17. The van der Waals surface area contributed by atoms with Crippen molar-refractivity contribution >= 4 is 15.9 Å². The van der Waals surface area contributed by atoms with Gasteiger partial charge in [-0.05, 0) is 37.1 Å². The fourth-order valence-corrected chi connectivity index (χ4v) is 2.45. The number of nitrogens with zero attached hydrogens (tertiary/aromatic N) is 1. The van der Waals surface area contributed by atoms with Gasteiger partial charge in [0.05, 0.1) is 0 Å². The number of hydrogen-bond donors (Lipinski definition) is 0. The van der Waals surface area contributed by atoms with E-state index >= 15 is 0 Å². The van der Waals surface area contributed by atoms with Crippen LogP contribution in [0.25, 0.3) is 0 Å². The minimum Gasteiger partial charge on any atom is -0.306 e. The molecule has 0 bridgehead atoms. The van der Waals surface area contributed by atoms with Crippen LogP contribution in [0.4, 0.5) is 0 Å². The fourth-order valence-electron chi connectivity index (χ4n) is 1.84. The molecule has 13 heavy (non-hydrogen) atoms. The molecule has 0 unspecified atom stereocenters. The first-order chi connectivity index (χ1) is 6.27. The second-order valence-electron chi connectivity index (χ2n) is 3.68. The lowest BCUT2D eigenvalue weighted by Gasteiger charge is -2.10. The highest BCUT2D eigenvalue weighted by molar-refractivity contribution is 9.10. The Morgan fingerprint density at radius 1 is 1.23 bits per heavy atom. The zero-order chi connectivity index (χ0) is 9.26. The largest absolute Gasteiger partial charge is 0.306 e. The summed E-state index contributed by atoms with van der Waals surface area (Å²) in [6, 6.07) is 6.53. The van der Waals surface area contributed by atoms with Crippen LogP contribution in [0.3, 0.4) is 0 Å². The van der Waals surface area contributed by atoms with E-state index in [1.165, 1.54) is 41.5 Å². The maximum Gasteiger partial charge on any atom is 0.0210 e. The normalized spacial score (nSPS) is 18.0. The highest BCUT2D eigenvalue weighted by Gasteiger charge is 2.12. The third-order valence-electron chi connectivity index (χ3n) is 2.72. The van der Waals surface area contributed by atoms with Crippen LogP contribution in [0.15, 0.2) is 22.7 Å². The van der Waals surface area contributed by atoms with E-state index in [1.54, 1.807) is 0 Å². The molecule has 2 rings (SSSR count). The number of likely N-dealkylation sites (N-methyl/N-ethyl adjacent to an activating group) is 1. The van der Waals surface area contributed by atoms with E-state index in [1.807, 2.05) is 0 Å². The summed E-state index contributed by atoms with van der Waals surface area (Å²) in [5.74, 6) is 0. The summed E-state index contributed by atoms with van der Waals surface area (Å²) < 4.78 is 1.28. The third kappa shape index (κ3) is 1.94. The summed E-state index contributed by atoms with van der Waals surface area (Å²) in [4.78, 5) is 2.40. The van der Waals surface area contributed by atoms with Crippen LogP contribution in [-0.2, 0) is 12.8 Å². The molecule has 2 heteroatoms. The lowest BCUT2D eigenvalue weighted by molar-refractivity contribution is 0.352. The van der Waals surface area contributed by atoms with E-state index in [0.717, 1.165) is 0 Å². The molecule has 0 spiro atoms. The van der Waals surface area contributed by atoms with Crippen LogP contribution in [0.5, 0.6) is 0 Å². The van der Waals surface area contributed by atoms with Crippen LogP contribution >= 0.6 is 15.9 Å². The first-order valence-corrected chi connectivity index (χ1v) is 5.51. The quantitative estimate of drug-likeness (QED) is 0.673. The lowest BCUT2D eigenvalue weighted by Crippen LogP contribution is -2.20. The van der Waals surface area contributed by atoms with Gasteiger partial charge in [0.25, 0.3) is 0 Å². The fraction of sp³-hybridized carbons (Fsp3) is 0.455. The molecule has 0 radical (unpaired) electrons. The van der Waals surface area contributed by atoms with Crippen LogP contribution in [0, 0.1) is 0 Å². The zero-order valence-corrected chi connectivity index (χ0v) is 9.47. The number of rotatable bonds is 0. The second-order valence-corrected chi connectivity index (χ2v) is 4.54. The van der Waals surface area contributed by atoms with Crippen molar-refractivity contribution in [2.24, 2.45) is 0 Å². The first-order valence-electron chi connectivity index (χ1n) is 4.72. The van der Waals surface area contributed by atoms with Gasteiger partial charge in [-0.2, -0.15) is 0 Å². The molecule has 0 saturated carbocycles. The first kappa shape index (κ1) is 9.22. The molecule has 0 aliphatic carbocycles. The number of hydrogen-bond acceptors (Lipinski definition) is 1. The molecule has 1 aliphatic heterocycles. The van der Waals surface area contributed by atoms with Crippen LogP contribution in [0.2, 0.25) is 0 Å². The summed E-state index contributed by atoms with van der Waals surface area (Å²) in [7, 11) is 2.19. The third-order valence-corrected chi connectivity index (χ3v) is 3.47. The molecule has 1 aromatic carbocycles. The molecule has 0 fully saturated rings. The average Bonchev–Trinajstić information content (AvgIpc) is 2.30. The van der Waals surface area contributed by atoms with Gasteiger partial charge in [-0.15, -0.1) is 0 Å². The Kier molecular flexibility index (Phi) is 2.70. The van der Waals surface area contributed by atoms with Crippen LogP contribution in [-0.4, -0.2) is 25.0 Å². The van der Waals surface area contributed by atoms with Gasteiger partial charge in [-0.1, -0.05) is 28.1 Å². The molecule has 70 valence electrons. The molecule has 1 aromatic rings. The molecule has 0 atom stereocenters. The van der Waals surface area contributed by atoms with E-state index in [2.05, 4.69) is 46.1 Å². The second kappa shape index (κ2) is 3.81. The van der Waals surface area contributed by atoms with Crippen molar-refractivity contribution in [2.45, 2.75) is 12.8 Å². The van der Waals surface area contributed by atoms with E-state index < -0.39 is 0 Å². The topological polar surface area (TPSA) is 3.24 Å². The Morgan fingerprint density at radius 2 is 2.00 bits per heavy atom. The molecule has 1 aliphatic rings. The van der Waals surface area contributed by atoms with Gasteiger partial charge in [-0.25, -0.2) is 0 Å². The van der Waals surface area contributed by atoms with E-state index in [-0.39, 0.29) is 0 Å². The molecule has 0 saturated heterocycles. The summed E-state index contributed by atoms with van der Waals surface area (Å²) in [5.41, 5.74) is 3.02. The Bertz CT molecular complexity index is 309. The van der Waals surface area contributed by atoms with Gasteiger partial charge in [0, 0.05) is 17.6 Å². The summed E-state index contributed by atoms with van der Waals surface area (Å²) in [5, 5.41) is 0. The van der Waals surface area contributed by atoms with Crippen molar-refractivity contribution < 1.29 is 0 Å². The maximum atomic E-state index is 3.62. The van der Waals surface area contributed by atoms with Crippen molar-refractivity contribution in [3.05, 3.63) is 33.8 Å². The smallest absolute Gasteiger partial charge is 0.0210 e. The number of benzene rings is 1. The van der Waals surface area contributed by atoms with Gasteiger partial charge in [-0.3, -0.25) is 0 Å². The van der Waals surface area contributed by atoms with Gasteiger partial charge < -0.3 is 4.90 Å². The lowest BCUT2D eigenvalue weighted by atomic mass is 10.0. The number of fused-ring (bicyclic) bond motifs is 1. The predicted molar refractivity (Wildman–Crippen MR) is 59.0 cm³/mol. The highest BCUT2D eigenvalue weighted by atomic mass is 79.9. The van der Waals surface area contributed by atoms with Crippen molar-refractivity contribution in [1.82, 2.24) is 4.90 Å². The number of halogens is 1. The van der Waals surface area contributed by atoms with Gasteiger partial charge >= 0.3 is 0 Å². The Labute approximate surface area is 87.9 Å². The average molecular weight is 240 g/mol. The molecule has 1 nitrogen and oxygen atoms in total. The van der Waals surface area contributed by atoms with Gasteiger partial charge in [0.15, 0.2) is 0 Å². The molecule has 0 aromatic heterocycles. The Balaban J connectivity index is 2.35. The SMILES string of the molecule is CN1CCc2cccc(Br)c2CC1. The molecule has 0 amide bonds. The molecule has 0 N–H and O–H groups in total. The highest BCUT2D eigenvalue weighted by Crippen LogP contribution is 2.23. The van der Waals surface area contributed by atoms with Crippen molar-refractivity contribution in [2.75, 3.05) is 20.1 Å². The maximum absolute atomic E-state index is 3.62. The van der Waals surface area contributed by atoms with Crippen LogP contribution < -0.4 is 0 Å².